The minimum Gasteiger partial charge on any atom is -0.311 e. The summed E-state index contributed by atoms with van der Waals surface area (Å²) in [5.41, 5.74) is 5.30. The van der Waals surface area contributed by atoms with Gasteiger partial charge < -0.3 is 4.90 Å². The average molecular weight is 501 g/mol. The second-order valence-electron chi connectivity index (χ2n) is 8.72. The summed E-state index contributed by atoms with van der Waals surface area (Å²) < 4.78 is 29.2. The van der Waals surface area contributed by atoms with E-state index in [0.29, 0.717) is 22.8 Å². The number of rotatable bonds is 6. The highest BCUT2D eigenvalue weighted by molar-refractivity contribution is 5.77. The first kappa shape index (κ1) is 23.3. The van der Waals surface area contributed by atoms with Crippen molar-refractivity contribution in [2.75, 3.05) is 4.90 Å². The van der Waals surface area contributed by atoms with Gasteiger partial charge >= 0.3 is 0 Å². The van der Waals surface area contributed by atoms with Crippen molar-refractivity contribution in [2.45, 2.75) is 0 Å². The lowest BCUT2D eigenvalue weighted by atomic mass is 10.1. The molecule has 1 aromatic heterocycles. The first-order valence-electron chi connectivity index (χ1n) is 12.2. The first-order chi connectivity index (χ1) is 18.7. The molecule has 6 heteroatoms. The summed E-state index contributed by atoms with van der Waals surface area (Å²) in [6.45, 7) is 0. The summed E-state index contributed by atoms with van der Waals surface area (Å²) in [6.07, 6.45) is 0. The smallest absolute Gasteiger partial charge is 0.168 e. The Morgan fingerprint density at radius 2 is 0.842 bits per heavy atom. The second-order valence-corrected chi connectivity index (χ2v) is 8.72. The van der Waals surface area contributed by atoms with Gasteiger partial charge in [0.1, 0.15) is 11.6 Å². The van der Waals surface area contributed by atoms with E-state index < -0.39 is 0 Å². The standard InChI is InChI=1S/C32H22F2N4/c33-25-15-11-23(12-16-25)31-35-36-32(24-13-17-26(34)18-14-24)38(31)30-21-19-29(20-22-30)37(27-7-3-1-4-8-27)28-9-5-2-6-10-28/h1-22H. The van der Waals surface area contributed by atoms with E-state index in [1.54, 1.807) is 24.3 Å². The largest absolute Gasteiger partial charge is 0.311 e. The molecule has 0 aliphatic carbocycles. The fourth-order valence-corrected chi connectivity index (χ4v) is 4.45. The molecule has 0 aliphatic heterocycles. The molecule has 184 valence electrons. The lowest BCUT2D eigenvalue weighted by Crippen LogP contribution is -2.10. The Balaban J connectivity index is 1.47. The number of halogens is 2. The molecule has 0 saturated heterocycles. The van der Waals surface area contributed by atoms with Crippen molar-refractivity contribution in [3.8, 4) is 28.5 Å². The van der Waals surface area contributed by atoms with Crippen molar-refractivity contribution in [3.63, 3.8) is 0 Å². The van der Waals surface area contributed by atoms with Gasteiger partial charge in [-0.1, -0.05) is 36.4 Å². The van der Waals surface area contributed by atoms with Crippen LogP contribution in [0, 0.1) is 11.6 Å². The number of nitrogens with zero attached hydrogens (tertiary/aromatic N) is 4. The third-order valence-corrected chi connectivity index (χ3v) is 6.26. The van der Waals surface area contributed by atoms with E-state index in [0.717, 1.165) is 22.7 Å². The van der Waals surface area contributed by atoms with E-state index in [4.69, 9.17) is 0 Å². The summed E-state index contributed by atoms with van der Waals surface area (Å²) in [7, 11) is 0. The van der Waals surface area contributed by atoms with Gasteiger partial charge in [0.05, 0.1) is 0 Å². The number of hydrogen-bond acceptors (Lipinski definition) is 3. The maximum Gasteiger partial charge on any atom is 0.168 e. The Hall–Kier alpha value is -5.10. The van der Waals surface area contributed by atoms with Crippen LogP contribution in [0.1, 0.15) is 0 Å². The zero-order valence-electron chi connectivity index (χ0n) is 20.2. The topological polar surface area (TPSA) is 34.0 Å². The van der Waals surface area contributed by atoms with Crippen molar-refractivity contribution in [3.05, 3.63) is 145 Å². The molecule has 0 radical (unpaired) electrons. The fraction of sp³-hybridized carbons (Fsp3) is 0. The molecule has 0 fully saturated rings. The van der Waals surface area contributed by atoms with Crippen LogP contribution in [0.5, 0.6) is 0 Å². The summed E-state index contributed by atoms with van der Waals surface area (Å²) in [4.78, 5) is 2.18. The molecule has 0 atom stereocenters. The molecule has 0 unspecified atom stereocenters. The molecule has 0 N–H and O–H groups in total. The van der Waals surface area contributed by atoms with Crippen LogP contribution in [0.4, 0.5) is 25.8 Å². The van der Waals surface area contributed by atoms with Gasteiger partial charge in [-0.05, 0) is 97.1 Å². The van der Waals surface area contributed by atoms with Gasteiger partial charge in [0, 0.05) is 33.9 Å². The van der Waals surface area contributed by atoms with Crippen LogP contribution in [-0.4, -0.2) is 14.8 Å². The van der Waals surface area contributed by atoms with E-state index in [1.807, 2.05) is 65.2 Å². The molecule has 0 bridgehead atoms. The van der Waals surface area contributed by atoms with Crippen molar-refractivity contribution in [1.29, 1.82) is 0 Å². The second kappa shape index (κ2) is 10.1. The van der Waals surface area contributed by atoms with Crippen molar-refractivity contribution in [1.82, 2.24) is 14.8 Å². The van der Waals surface area contributed by atoms with Crippen molar-refractivity contribution in [2.24, 2.45) is 0 Å². The van der Waals surface area contributed by atoms with Crippen molar-refractivity contribution < 1.29 is 8.78 Å². The highest BCUT2D eigenvalue weighted by atomic mass is 19.1. The molecule has 0 spiro atoms. The van der Waals surface area contributed by atoms with E-state index in [9.17, 15) is 8.78 Å². The van der Waals surface area contributed by atoms with E-state index in [-0.39, 0.29) is 11.6 Å². The normalized spacial score (nSPS) is 10.9. The van der Waals surface area contributed by atoms with Crippen LogP contribution in [0.25, 0.3) is 28.5 Å². The average Bonchev–Trinajstić information content (AvgIpc) is 3.41. The molecule has 6 rings (SSSR count). The predicted octanol–water partition coefficient (Wildman–Crippen LogP) is 8.35. The monoisotopic (exact) mass is 500 g/mol. The molecule has 4 nitrogen and oxygen atoms in total. The Morgan fingerprint density at radius 1 is 0.447 bits per heavy atom. The summed E-state index contributed by atoms with van der Waals surface area (Å²) in [5.74, 6) is 0.454. The summed E-state index contributed by atoms with van der Waals surface area (Å²) >= 11 is 0. The highest BCUT2D eigenvalue weighted by Crippen LogP contribution is 2.35. The van der Waals surface area contributed by atoms with Crippen molar-refractivity contribution >= 4 is 17.1 Å². The predicted molar refractivity (Wildman–Crippen MR) is 147 cm³/mol. The highest BCUT2D eigenvalue weighted by Gasteiger charge is 2.18. The van der Waals surface area contributed by atoms with Gasteiger partial charge in [-0.2, -0.15) is 0 Å². The quantitative estimate of drug-likeness (QED) is 0.230. The summed E-state index contributed by atoms with van der Waals surface area (Å²) in [6, 6.07) is 40.7. The summed E-state index contributed by atoms with van der Waals surface area (Å²) in [5, 5.41) is 8.86. The van der Waals surface area contributed by atoms with Gasteiger partial charge in [-0.15, -0.1) is 10.2 Å². The van der Waals surface area contributed by atoms with E-state index >= 15 is 0 Å². The molecule has 0 amide bonds. The van der Waals surface area contributed by atoms with Crippen LogP contribution in [0.2, 0.25) is 0 Å². The van der Waals surface area contributed by atoms with Gasteiger partial charge in [-0.25, -0.2) is 8.78 Å². The number of anilines is 3. The lowest BCUT2D eigenvalue weighted by Gasteiger charge is -2.25. The van der Waals surface area contributed by atoms with E-state index in [2.05, 4.69) is 39.4 Å². The number of benzene rings is 5. The zero-order valence-corrected chi connectivity index (χ0v) is 20.2. The maximum atomic E-state index is 13.7. The third-order valence-electron chi connectivity index (χ3n) is 6.26. The van der Waals surface area contributed by atoms with Gasteiger partial charge in [0.15, 0.2) is 11.6 Å². The van der Waals surface area contributed by atoms with Gasteiger partial charge in [0.2, 0.25) is 0 Å². The van der Waals surface area contributed by atoms with Crippen LogP contribution >= 0.6 is 0 Å². The van der Waals surface area contributed by atoms with Crippen LogP contribution < -0.4 is 4.90 Å². The number of aromatic nitrogens is 3. The molecule has 38 heavy (non-hydrogen) atoms. The zero-order chi connectivity index (χ0) is 25.9. The maximum absolute atomic E-state index is 13.7. The first-order valence-corrected chi connectivity index (χ1v) is 12.2. The molecule has 5 aromatic carbocycles. The Kier molecular flexibility index (Phi) is 6.20. The molecule has 1 heterocycles. The van der Waals surface area contributed by atoms with Crippen LogP contribution in [0.15, 0.2) is 133 Å². The molecule has 6 aromatic rings. The van der Waals surface area contributed by atoms with Crippen LogP contribution in [0.3, 0.4) is 0 Å². The Bertz CT molecular complexity index is 1540. The third kappa shape index (κ3) is 4.55. The van der Waals surface area contributed by atoms with Gasteiger partial charge in [-0.3, -0.25) is 4.57 Å². The SMILES string of the molecule is Fc1ccc(-c2nnc(-c3ccc(F)cc3)n2-c2ccc(N(c3ccccc3)c3ccccc3)cc2)cc1. The fourth-order valence-electron chi connectivity index (χ4n) is 4.45. The Labute approximate surface area is 219 Å². The van der Waals surface area contributed by atoms with Gasteiger partial charge in [0.25, 0.3) is 0 Å². The minimum atomic E-state index is -0.329. The number of para-hydroxylation sites is 2. The molecular weight excluding hydrogens is 478 g/mol. The minimum absolute atomic E-state index is 0.329. The molecular formula is C32H22F2N4. The van der Waals surface area contributed by atoms with Crippen LogP contribution in [-0.2, 0) is 0 Å². The van der Waals surface area contributed by atoms with E-state index in [1.165, 1.54) is 24.3 Å². The number of hydrogen-bond donors (Lipinski definition) is 0. The molecule has 0 aliphatic rings. The Morgan fingerprint density at radius 3 is 1.26 bits per heavy atom. The lowest BCUT2D eigenvalue weighted by molar-refractivity contribution is 0.627. The molecule has 0 saturated carbocycles.